The van der Waals surface area contributed by atoms with Crippen LogP contribution in [0.2, 0.25) is 0 Å². The standard InChI is InChI=1S/C17H20O/c1-11-14-6-4-12-10-13(18)5-7-15(12)16(14)8-9-17(11,2)3/h4-7,10-11,18H,8-9H2,1-3H3. The molecule has 3 rings (SSSR count). The molecule has 1 aliphatic carbocycles. The molecule has 1 heteroatoms. The van der Waals surface area contributed by atoms with E-state index in [0.29, 0.717) is 17.1 Å². The molecule has 0 fully saturated rings. The van der Waals surface area contributed by atoms with Gasteiger partial charge in [0.25, 0.3) is 0 Å². The van der Waals surface area contributed by atoms with Crippen LogP contribution in [0.25, 0.3) is 10.8 Å². The molecular weight excluding hydrogens is 220 g/mol. The smallest absolute Gasteiger partial charge is 0.116 e. The lowest BCUT2D eigenvalue weighted by Gasteiger charge is -2.38. The maximum Gasteiger partial charge on any atom is 0.116 e. The molecule has 1 aliphatic rings. The van der Waals surface area contributed by atoms with Crippen molar-refractivity contribution < 1.29 is 5.11 Å². The van der Waals surface area contributed by atoms with Gasteiger partial charge in [0.2, 0.25) is 0 Å². The van der Waals surface area contributed by atoms with Crippen LogP contribution in [-0.2, 0) is 6.42 Å². The predicted octanol–water partition coefficient (Wildman–Crippen LogP) is 4.62. The summed E-state index contributed by atoms with van der Waals surface area (Å²) in [6.45, 7) is 7.06. The lowest BCUT2D eigenvalue weighted by Crippen LogP contribution is -2.26. The van der Waals surface area contributed by atoms with Crippen molar-refractivity contribution in [3.05, 3.63) is 41.5 Å². The van der Waals surface area contributed by atoms with E-state index in [9.17, 15) is 5.11 Å². The normalized spacial score (nSPS) is 21.8. The molecule has 0 bridgehead atoms. The van der Waals surface area contributed by atoms with Gasteiger partial charge in [0.05, 0.1) is 0 Å². The van der Waals surface area contributed by atoms with E-state index in [1.165, 1.54) is 22.9 Å². The van der Waals surface area contributed by atoms with Crippen LogP contribution in [0.4, 0.5) is 0 Å². The van der Waals surface area contributed by atoms with Gasteiger partial charge in [0.1, 0.15) is 5.75 Å². The van der Waals surface area contributed by atoms with Crippen molar-refractivity contribution in [3.8, 4) is 5.75 Å². The number of hydrogen-bond acceptors (Lipinski definition) is 1. The van der Waals surface area contributed by atoms with Crippen molar-refractivity contribution in [1.82, 2.24) is 0 Å². The second kappa shape index (κ2) is 3.74. The number of fused-ring (bicyclic) bond motifs is 3. The SMILES string of the molecule is CC1c2ccc3cc(O)ccc3c2CCC1(C)C. The van der Waals surface area contributed by atoms with Crippen molar-refractivity contribution in [2.75, 3.05) is 0 Å². The Kier molecular flexibility index (Phi) is 2.41. The highest BCUT2D eigenvalue weighted by molar-refractivity contribution is 5.88. The molecule has 1 unspecified atom stereocenters. The zero-order valence-corrected chi connectivity index (χ0v) is 11.3. The number of aromatic hydroxyl groups is 1. The minimum Gasteiger partial charge on any atom is -0.508 e. The molecule has 0 heterocycles. The molecule has 1 nitrogen and oxygen atoms in total. The van der Waals surface area contributed by atoms with E-state index in [4.69, 9.17) is 0 Å². The van der Waals surface area contributed by atoms with Gasteiger partial charge in [0, 0.05) is 0 Å². The molecular formula is C17H20O. The molecule has 0 aliphatic heterocycles. The van der Waals surface area contributed by atoms with Gasteiger partial charge in [-0.15, -0.1) is 0 Å². The summed E-state index contributed by atoms with van der Waals surface area (Å²) in [5, 5.41) is 12.0. The van der Waals surface area contributed by atoms with Crippen molar-refractivity contribution in [3.63, 3.8) is 0 Å². The first kappa shape index (κ1) is 11.6. The van der Waals surface area contributed by atoms with Crippen molar-refractivity contribution in [2.45, 2.75) is 39.5 Å². The number of aryl methyl sites for hydroxylation is 1. The molecule has 94 valence electrons. The zero-order valence-electron chi connectivity index (χ0n) is 11.3. The minimum atomic E-state index is 0.353. The van der Waals surface area contributed by atoms with Crippen LogP contribution >= 0.6 is 0 Å². The first-order valence-electron chi connectivity index (χ1n) is 6.73. The first-order valence-corrected chi connectivity index (χ1v) is 6.73. The molecule has 2 aromatic carbocycles. The van der Waals surface area contributed by atoms with E-state index in [1.54, 1.807) is 6.07 Å². The molecule has 0 spiro atoms. The van der Waals surface area contributed by atoms with Crippen LogP contribution in [0, 0.1) is 5.41 Å². The maximum atomic E-state index is 9.57. The molecule has 0 saturated carbocycles. The van der Waals surface area contributed by atoms with Gasteiger partial charge in [-0.2, -0.15) is 0 Å². The van der Waals surface area contributed by atoms with Crippen molar-refractivity contribution in [1.29, 1.82) is 0 Å². The number of rotatable bonds is 0. The molecule has 1 atom stereocenters. The van der Waals surface area contributed by atoms with Crippen LogP contribution in [0.1, 0.15) is 44.2 Å². The largest absolute Gasteiger partial charge is 0.508 e. The van der Waals surface area contributed by atoms with Gasteiger partial charge in [-0.3, -0.25) is 0 Å². The fourth-order valence-corrected chi connectivity index (χ4v) is 3.17. The third-order valence-electron chi connectivity index (χ3n) is 4.81. The van der Waals surface area contributed by atoms with Crippen LogP contribution < -0.4 is 0 Å². The summed E-state index contributed by atoms with van der Waals surface area (Å²) in [5.74, 6) is 0.950. The molecule has 0 radical (unpaired) electrons. The number of hydrogen-bond donors (Lipinski definition) is 1. The lowest BCUT2D eigenvalue weighted by molar-refractivity contribution is 0.260. The summed E-state index contributed by atoms with van der Waals surface area (Å²) >= 11 is 0. The predicted molar refractivity (Wildman–Crippen MR) is 76.1 cm³/mol. The second-order valence-electron chi connectivity index (χ2n) is 6.25. The van der Waals surface area contributed by atoms with Gasteiger partial charge in [0.15, 0.2) is 0 Å². The van der Waals surface area contributed by atoms with Gasteiger partial charge in [-0.25, -0.2) is 0 Å². The first-order chi connectivity index (χ1) is 8.49. The molecule has 1 N–H and O–H groups in total. The summed E-state index contributed by atoms with van der Waals surface area (Å²) in [4.78, 5) is 0. The van der Waals surface area contributed by atoms with Crippen LogP contribution in [0.3, 0.4) is 0 Å². The quantitative estimate of drug-likeness (QED) is 0.712. The maximum absolute atomic E-state index is 9.57. The highest BCUT2D eigenvalue weighted by Crippen LogP contribution is 2.46. The van der Waals surface area contributed by atoms with Gasteiger partial charge < -0.3 is 5.11 Å². The average Bonchev–Trinajstić information content (AvgIpc) is 2.33. The Balaban J connectivity index is 2.25. The zero-order chi connectivity index (χ0) is 12.9. The van der Waals surface area contributed by atoms with Crippen LogP contribution in [0.5, 0.6) is 5.75 Å². The third-order valence-corrected chi connectivity index (χ3v) is 4.81. The fourth-order valence-electron chi connectivity index (χ4n) is 3.17. The van der Waals surface area contributed by atoms with Gasteiger partial charge in [-0.05, 0) is 58.2 Å². The van der Waals surface area contributed by atoms with Gasteiger partial charge >= 0.3 is 0 Å². The Morgan fingerprint density at radius 1 is 1.17 bits per heavy atom. The minimum absolute atomic E-state index is 0.353. The summed E-state index contributed by atoms with van der Waals surface area (Å²) in [5.41, 5.74) is 3.36. The Morgan fingerprint density at radius 2 is 1.94 bits per heavy atom. The van der Waals surface area contributed by atoms with E-state index in [2.05, 4.69) is 39.0 Å². The van der Waals surface area contributed by atoms with Crippen LogP contribution in [0.15, 0.2) is 30.3 Å². The lowest BCUT2D eigenvalue weighted by atomic mass is 9.66. The van der Waals surface area contributed by atoms with E-state index in [-0.39, 0.29) is 0 Å². The monoisotopic (exact) mass is 240 g/mol. The Labute approximate surface area is 108 Å². The highest BCUT2D eigenvalue weighted by Gasteiger charge is 2.33. The third kappa shape index (κ3) is 1.61. The van der Waals surface area contributed by atoms with Gasteiger partial charge in [-0.1, -0.05) is 39.0 Å². The topological polar surface area (TPSA) is 20.2 Å². The molecule has 2 aromatic rings. The average molecular weight is 240 g/mol. The highest BCUT2D eigenvalue weighted by atomic mass is 16.3. The van der Waals surface area contributed by atoms with E-state index in [0.717, 1.165) is 11.8 Å². The Bertz CT molecular complexity index is 610. The molecule has 0 aromatic heterocycles. The number of phenolic OH excluding ortho intramolecular Hbond substituents is 1. The Hall–Kier alpha value is -1.50. The molecule has 0 amide bonds. The Morgan fingerprint density at radius 3 is 2.72 bits per heavy atom. The fraction of sp³-hybridized carbons (Fsp3) is 0.412. The summed E-state index contributed by atoms with van der Waals surface area (Å²) < 4.78 is 0. The number of benzene rings is 2. The van der Waals surface area contributed by atoms with E-state index < -0.39 is 0 Å². The van der Waals surface area contributed by atoms with Crippen molar-refractivity contribution in [2.24, 2.45) is 5.41 Å². The summed E-state index contributed by atoms with van der Waals surface area (Å²) in [7, 11) is 0. The molecule has 18 heavy (non-hydrogen) atoms. The van der Waals surface area contributed by atoms with E-state index in [1.807, 2.05) is 6.07 Å². The van der Waals surface area contributed by atoms with Crippen molar-refractivity contribution >= 4 is 10.8 Å². The number of phenols is 1. The van der Waals surface area contributed by atoms with E-state index >= 15 is 0 Å². The molecule has 0 saturated heterocycles. The summed E-state index contributed by atoms with van der Waals surface area (Å²) in [6, 6.07) is 10.1. The van der Waals surface area contributed by atoms with Crippen LogP contribution in [-0.4, -0.2) is 5.11 Å². The summed E-state index contributed by atoms with van der Waals surface area (Å²) in [6.07, 6.45) is 2.38. The second-order valence-corrected chi connectivity index (χ2v) is 6.25.